The van der Waals surface area contributed by atoms with Crippen LogP contribution in [0.3, 0.4) is 0 Å². The summed E-state index contributed by atoms with van der Waals surface area (Å²) in [6.07, 6.45) is 2.57. The molecule has 0 bridgehead atoms. The molecule has 1 aromatic carbocycles. The lowest BCUT2D eigenvalue weighted by Crippen LogP contribution is -2.33. The van der Waals surface area contributed by atoms with Crippen LogP contribution in [0.5, 0.6) is 0 Å². The Kier molecular flexibility index (Phi) is 4.36. The van der Waals surface area contributed by atoms with Crippen LogP contribution in [0.2, 0.25) is 5.02 Å². The summed E-state index contributed by atoms with van der Waals surface area (Å²) in [5.41, 5.74) is 0.544. The highest BCUT2D eigenvalue weighted by Crippen LogP contribution is 2.27. The van der Waals surface area contributed by atoms with Gasteiger partial charge in [-0.2, -0.15) is 4.98 Å². The quantitative estimate of drug-likeness (QED) is 0.511. The fraction of sp³-hybridized carbons (Fsp3) is 0.211. The molecule has 3 aromatic heterocycles. The Balaban J connectivity index is 1.43. The number of anilines is 1. The molecule has 9 nitrogen and oxygen atoms in total. The van der Waals surface area contributed by atoms with Gasteiger partial charge in [-0.3, -0.25) is 13.9 Å². The number of hydrogen-bond acceptors (Lipinski definition) is 7. The van der Waals surface area contributed by atoms with Gasteiger partial charge in [-0.25, -0.2) is 0 Å². The van der Waals surface area contributed by atoms with E-state index in [0.717, 1.165) is 19.5 Å². The molecule has 0 amide bonds. The Morgan fingerprint density at radius 3 is 2.72 bits per heavy atom. The second kappa shape index (κ2) is 7.17. The standard InChI is InChI=1S/C19H16ClN7O2/c20-14-7-2-1-6-13(14)17-21-15(24-29-17)12-25-9-5-11-27-18(25)22-23-19(27)26-10-4-3-8-16(26)28/h1-4,6-8,10H,5,9,11-12H2. The number of pyridine rings is 1. The number of halogens is 1. The lowest BCUT2D eigenvalue weighted by molar-refractivity contribution is 0.420. The van der Waals surface area contributed by atoms with Gasteiger partial charge in [0.15, 0.2) is 5.82 Å². The fourth-order valence-corrected chi connectivity index (χ4v) is 3.61. The van der Waals surface area contributed by atoms with Gasteiger partial charge in [0.05, 0.1) is 17.1 Å². The molecule has 0 fully saturated rings. The predicted molar refractivity (Wildman–Crippen MR) is 106 cm³/mol. The molecule has 4 aromatic rings. The van der Waals surface area contributed by atoms with Crippen LogP contribution in [-0.2, 0) is 13.1 Å². The van der Waals surface area contributed by atoms with Gasteiger partial charge in [0, 0.05) is 25.4 Å². The van der Waals surface area contributed by atoms with E-state index in [9.17, 15) is 4.79 Å². The smallest absolute Gasteiger partial charge is 0.259 e. The Bertz CT molecular complexity index is 1230. The van der Waals surface area contributed by atoms with Crippen molar-refractivity contribution in [1.29, 1.82) is 0 Å². The third kappa shape index (κ3) is 3.19. The van der Waals surface area contributed by atoms with Gasteiger partial charge >= 0.3 is 0 Å². The molecule has 0 saturated heterocycles. The summed E-state index contributed by atoms with van der Waals surface area (Å²) in [7, 11) is 0. The van der Waals surface area contributed by atoms with Crippen LogP contribution < -0.4 is 10.5 Å². The topological polar surface area (TPSA) is 94.9 Å². The number of nitrogens with zero attached hydrogens (tertiary/aromatic N) is 7. The minimum absolute atomic E-state index is 0.151. The largest absolute Gasteiger partial charge is 0.334 e. The number of benzene rings is 1. The van der Waals surface area contributed by atoms with Crippen molar-refractivity contribution in [3.05, 3.63) is 69.9 Å². The molecule has 0 saturated carbocycles. The van der Waals surface area contributed by atoms with Crippen molar-refractivity contribution < 1.29 is 4.52 Å². The molecular weight excluding hydrogens is 394 g/mol. The third-order valence-corrected chi connectivity index (χ3v) is 5.08. The van der Waals surface area contributed by atoms with Crippen molar-refractivity contribution >= 4 is 17.5 Å². The summed E-state index contributed by atoms with van der Waals surface area (Å²) >= 11 is 6.21. The van der Waals surface area contributed by atoms with Crippen LogP contribution in [0.25, 0.3) is 17.4 Å². The minimum atomic E-state index is -0.151. The van der Waals surface area contributed by atoms with Crippen LogP contribution in [-0.4, -0.2) is 36.0 Å². The van der Waals surface area contributed by atoms with Crippen molar-refractivity contribution in [2.24, 2.45) is 0 Å². The summed E-state index contributed by atoms with van der Waals surface area (Å²) in [5.74, 6) is 2.07. The van der Waals surface area contributed by atoms with Crippen LogP contribution >= 0.6 is 11.6 Å². The molecule has 0 atom stereocenters. The molecule has 4 heterocycles. The molecule has 1 aliphatic heterocycles. The first-order valence-corrected chi connectivity index (χ1v) is 9.52. The molecule has 146 valence electrons. The zero-order valence-electron chi connectivity index (χ0n) is 15.3. The minimum Gasteiger partial charge on any atom is -0.334 e. The Morgan fingerprint density at radius 2 is 1.86 bits per heavy atom. The van der Waals surface area contributed by atoms with E-state index in [1.165, 1.54) is 10.6 Å². The van der Waals surface area contributed by atoms with Gasteiger partial charge in [-0.15, -0.1) is 10.2 Å². The van der Waals surface area contributed by atoms with Gasteiger partial charge in [0.2, 0.25) is 11.9 Å². The van der Waals surface area contributed by atoms with E-state index in [2.05, 4.69) is 20.3 Å². The molecule has 10 heteroatoms. The highest BCUT2D eigenvalue weighted by Gasteiger charge is 2.25. The number of fused-ring (bicyclic) bond motifs is 1. The Morgan fingerprint density at radius 1 is 1.03 bits per heavy atom. The number of rotatable bonds is 4. The average molecular weight is 410 g/mol. The molecule has 1 aliphatic rings. The Hall–Kier alpha value is -3.46. The zero-order chi connectivity index (χ0) is 19.8. The maximum absolute atomic E-state index is 12.2. The molecule has 0 N–H and O–H groups in total. The third-order valence-electron chi connectivity index (χ3n) is 4.75. The number of hydrogen-bond donors (Lipinski definition) is 0. The second-order valence-electron chi connectivity index (χ2n) is 6.63. The first-order valence-electron chi connectivity index (χ1n) is 9.14. The molecule has 0 aliphatic carbocycles. The monoisotopic (exact) mass is 409 g/mol. The normalized spacial score (nSPS) is 13.5. The lowest BCUT2D eigenvalue weighted by atomic mass is 10.2. The van der Waals surface area contributed by atoms with E-state index in [1.54, 1.807) is 24.4 Å². The Labute approximate surface area is 170 Å². The lowest BCUT2D eigenvalue weighted by Gasteiger charge is -2.27. The van der Waals surface area contributed by atoms with Crippen molar-refractivity contribution in [2.75, 3.05) is 11.4 Å². The zero-order valence-corrected chi connectivity index (χ0v) is 16.0. The summed E-state index contributed by atoms with van der Waals surface area (Å²) in [6, 6.07) is 12.3. The van der Waals surface area contributed by atoms with E-state index >= 15 is 0 Å². The maximum Gasteiger partial charge on any atom is 0.259 e. The van der Waals surface area contributed by atoms with Gasteiger partial charge in [0.1, 0.15) is 0 Å². The van der Waals surface area contributed by atoms with Crippen LogP contribution in [0, 0.1) is 0 Å². The molecule has 5 rings (SSSR count). The fourth-order valence-electron chi connectivity index (χ4n) is 3.39. The first-order chi connectivity index (χ1) is 14.2. The van der Waals surface area contributed by atoms with Crippen LogP contribution in [0.4, 0.5) is 5.95 Å². The molecule has 29 heavy (non-hydrogen) atoms. The first kappa shape index (κ1) is 17.6. The van der Waals surface area contributed by atoms with Crippen LogP contribution in [0.15, 0.2) is 58.0 Å². The SMILES string of the molecule is O=c1ccccn1-c1nnc2n1CCCN2Cc1noc(-c2ccccc2Cl)n1. The van der Waals surface area contributed by atoms with Crippen molar-refractivity contribution in [2.45, 2.75) is 19.5 Å². The van der Waals surface area contributed by atoms with Crippen molar-refractivity contribution in [3.63, 3.8) is 0 Å². The average Bonchev–Trinajstić information content (AvgIpc) is 3.37. The van der Waals surface area contributed by atoms with Crippen molar-refractivity contribution in [1.82, 2.24) is 29.5 Å². The summed E-state index contributed by atoms with van der Waals surface area (Å²) in [6.45, 7) is 1.92. The van der Waals surface area contributed by atoms with Gasteiger partial charge in [-0.1, -0.05) is 35.0 Å². The van der Waals surface area contributed by atoms with Gasteiger partial charge in [-0.05, 0) is 24.6 Å². The summed E-state index contributed by atoms with van der Waals surface area (Å²) in [5, 5.41) is 13.2. The molecule has 0 unspecified atom stereocenters. The van der Waals surface area contributed by atoms with E-state index in [-0.39, 0.29) is 5.56 Å². The summed E-state index contributed by atoms with van der Waals surface area (Å²) in [4.78, 5) is 18.7. The summed E-state index contributed by atoms with van der Waals surface area (Å²) < 4.78 is 8.81. The van der Waals surface area contributed by atoms with Crippen molar-refractivity contribution in [3.8, 4) is 17.4 Å². The molecule has 0 radical (unpaired) electrons. The molecular formula is C19H16ClN7O2. The predicted octanol–water partition coefficient (Wildman–Crippen LogP) is 2.54. The van der Waals surface area contributed by atoms with Gasteiger partial charge < -0.3 is 9.42 Å². The highest BCUT2D eigenvalue weighted by molar-refractivity contribution is 6.33. The maximum atomic E-state index is 12.2. The van der Waals surface area contributed by atoms with E-state index in [1.807, 2.05) is 27.7 Å². The van der Waals surface area contributed by atoms with E-state index in [4.69, 9.17) is 16.1 Å². The second-order valence-corrected chi connectivity index (χ2v) is 7.04. The molecule has 0 spiro atoms. The van der Waals surface area contributed by atoms with E-state index < -0.39 is 0 Å². The number of aromatic nitrogens is 6. The van der Waals surface area contributed by atoms with Gasteiger partial charge in [0.25, 0.3) is 11.4 Å². The highest BCUT2D eigenvalue weighted by atomic mass is 35.5. The van der Waals surface area contributed by atoms with E-state index in [0.29, 0.717) is 40.7 Å². The van der Waals surface area contributed by atoms with Crippen LogP contribution in [0.1, 0.15) is 12.2 Å².